The Balaban J connectivity index is 1.71. The smallest absolute Gasteiger partial charge is 0.323 e. The molecule has 0 spiro atoms. The molecule has 0 bridgehead atoms. The number of hydrogen-bond acceptors (Lipinski definition) is 6. The third kappa shape index (κ3) is 3.73. The molecule has 1 aromatic carbocycles. The van der Waals surface area contributed by atoms with Crippen LogP contribution in [0, 0.1) is 0 Å². The summed E-state index contributed by atoms with van der Waals surface area (Å²) in [6.07, 6.45) is 3.82. The third-order valence-electron chi connectivity index (χ3n) is 4.26. The van der Waals surface area contributed by atoms with E-state index in [9.17, 15) is 13.2 Å². The number of carbonyl (C=O) groups is 1. The molecule has 134 valence electrons. The van der Waals surface area contributed by atoms with E-state index < -0.39 is 16.1 Å². The van der Waals surface area contributed by atoms with E-state index in [1.54, 1.807) is 47.2 Å². The first kappa shape index (κ1) is 17.6. The lowest BCUT2D eigenvalue weighted by atomic mass is 10.2. The maximum atomic E-state index is 12.6. The number of likely N-dealkylation sites (tertiary alicyclic amines) is 1. The minimum atomic E-state index is -3.67. The number of hydrogen-bond donors (Lipinski definition) is 1. The van der Waals surface area contributed by atoms with Crippen LogP contribution in [0.15, 0.2) is 47.6 Å². The molecule has 0 unspecified atom stereocenters. The predicted octanol–water partition coefficient (Wildman–Crippen LogP) is 0.396. The Morgan fingerprint density at radius 1 is 1.32 bits per heavy atom. The molecule has 1 N–H and O–H groups in total. The number of carbonyl (C=O) groups excluding carboxylic acids is 1. The number of likely N-dealkylation sites (N-methyl/N-ethyl adjacent to an activating group) is 1. The van der Waals surface area contributed by atoms with Gasteiger partial charge in [0.1, 0.15) is 6.04 Å². The van der Waals surface area contributed by atoms with Crippen molar-refractivity contribution < 1.29 is 17.9 Å². The van der Waals surface area contributed by atoms with Crippen molar-refractivity contribution in [3.8, 4) is 5.69 Å². The van der Waals surface area contributed by atoms with Crippen LogP contribution in [-0.2, 0) is 19.6 Å². The summed E-state index contributed by atoms with van der Waals surface area (Å²) in [6, 6.07) is 7.48. The van der Waals surface area contributed by atoms with Crippen LogP contribution in [0.25, 0.3) is 5.69 Å². The molecule has 2 aromatic rings. The summed E-state index contributed by atoms with van der Waals surface area (Å²) in [5.41, 5.74) is 0.773. The molecule has 9 heteroatoms. The maximum Gasteiger partial charge on any atom is 0.323 e. The van der Waals surface area contributed by atoms with Crippen LogP contribution in [0.3, 0.4) is 0 Å². The van der Waals surface area contributed by atoms with E-state index >= 15 is 0 Å². The Bertz CT molecular complexity index is 834. The molecule has 8 nitrogen and oxygen atoms in total. The Hall–Kier alpha value is -2.23. The van der Waals surface area contributed by atoms with Crippen LogP contribution in [0.1, 0.15) is 6.42 Å². The standard InChI is InChI=1S/C16H20N4O4S/c1-19-11-12(10-15(19)16(21)24-2)18-25(22,23)14-6-4-13(5-7-14)20-9-3-8-17-20/h3-9,12,15,18H,10-11H2,1-2H3/t12-,15-/m0/s1. The van der Waals surface area contributed by atoms with Gasteiger partial charge in [0.25, 0.3) is 0 Å². The molecule has 0 amide bonds. The number of rotatable bonds is 5. The summed E-state index contributed by atoms with van der Waals surface area (Å²) in [7, 11) is -0.566. The van der Waals surface area contributed by atoms with Gasteiger partial charge in [-0.2, -0.15) is 5.10 Å². The summed E-state index contributed by atoms with van der Waals surface area (Å²) in [6.45, 7) is 0.449. The molecule has 1 aliphatic rings. The van der Waals surface area contributed by atoms with Crippen LogP contribution in [0.4, 0.5) is 0 Å². The van der Waals surface area contributed by atoms with E-state index in [1.807, 2.05) is 0 Å². The van der Waals surface area contributed by atoms with Crippen molar-refractivity contribution in [1.29, 1.82) is 0 Å². The molecule has 0 aliphatic carbocycles. The molecule has 25 heavy (non-hydrogen) atoms. The van der Waals surface area contributed by atoms with Crippen molar-refractivity contribution in [1.82, 2.24) is 19.4 Å². The van der Waals surface area contributed by atoms with E-state index in [4.69, 9.17) is 4.74 Å². The molecular formula is C16H20N4O4S. The summed E-state index contributed by atoms with van der Waals surface area (Å²) in [5, 5.41) is 4.11. The highest BCUT2D eigenvalue weighted by Gasteiger charge is 2.37. The minimum Gasteiger partial charge on any atom is -0.468 e. The second kappa shape index (κ2) is 6.95. The van der Waals surface area contributed by atoms with Crippen molar-refractivity contribution in [2.75, 3.05) is 20.7 Å². The van der Waals surface area contributed by atoms with Gasteiger partial charge in [0, 0.05) is 25.0 Å². The third-order valence-corrected chi connectivity index (χ3v) is 5.80. The van der Waals surface area contributed by atoms with Crippen LogP contribution in [0.2, 0.25) is 0 Å². The molecule has 1 aliphatic heterocycles. The average molecular weight is 364 g/mol. The van der Waals surface area contributed by atoms with Gasteiger partial charge in [-0.1, -0.05) is 0 Å². The fourth-order valence-electron chi connectivity index (χ4n) is 2.98. The van der Waals surface area contributed by atoms with Gasteiger partial charge >= 0.3 is 5.97 Å². The molecular weight excluding hydrogens is 344 g/mol. The number of nitrogens with one attached hydrogen (secondary N) is 1. The number of nitrogens with zero attached hydrogens (tertiary/aromatic N) is 3. The number of methoxy groups -OCH3 is 1. The minimum absolute atomic E-state index is 0.174. The van der Waals surface area contributed by atoms with Crippen molar-refractivity contribution in [2.45, 2.75) is 23.4 Å². The molecule has 1 saturated heterocycles. The number of sulfonamides is 1. The quantitative estimate of drug-likeness (QED) is 0.772. The zero-order valence-corrected chi connectivity index (χ0v) is 14.8. The number of ether oxygens (including phenoxy) is 1. The lowest BCUT2D eigenvalue weighted by Gasteiger charge is -2.15. The highest BCUT2D eigenvalue weighted by molar-refractivity contribution is 7.89. The van der Waals surface area contributed by atoms with Gasteiger partial charge in [-0.15, -0.1) is 0 Å². The Labute approximate surface area is 146 Å². The van der Waals surface area contributed by atoms with Gasteiger partial charge in [-0.25, -0.2) is 17.8 Å². The predicted molar refractivity (Wildman–Crippen MR) is 90.7 cm³/mol. The monoisotopic (exact) mass is 364 g/mol. The first-order valence-corrected chi connectivity index (χ1v) is 9.29. The molecule has 2 atom stereocenters. The van der Waals surface area contributed by atoms with Crippen LogP contribution >= 0.6 is 0 Å². The molecule has 2 heterocycles. The van der Waals surface area contributed by atoms with Crippen molar-refractivity contribution in [3.05, 3.63) is 42.7 Å². The van der Waals surface area contributed by atoms with Gasteiger partial charge in [0.15, 0.2) is 0 Å². The van der Waals surface area contributed by atoms with Crippen LogP contribution in [-0.4, -0.2) is 61.9 Å². The summed E-state index contributed by atoms with van der Waals surface area (Å²) < 4.78 is 34.2. The normalized spacial score (nSPS) is 21.4. The highest BCUT2D eigenvalue weighted by Crippen LogP contribution is 2.20. The number of aromatic nitrogens is 2. The lowest BCUT2D eigenvalue weighted by Crippen LogP contribution is -2.36. The van der Waals surface area contributed by atoms with E-state index in [0.717, 1.165) is 5.69 Å². The highest BCUT2D eigenvalue weighted by atomic mass is 32.2. The van der Waals surface area contributed by atoms with Crippen LogP contribution in [0.5, 0.6) is 0 Å². The van der Waals surface area contributed by atoms with Crippen molar-refractivity contribution >= 4 is 16.0 Å². The van der Waals surface area contributed by atoms with Gasteiger partial charge in [0.05, 0.1) is 17.7 Å². The molecule has 1 aromatic heterocycles. The zero-order valence-electron chi connectivity index (χ0n) is 14.0. The van der Waals surface area contributed by atoms with Gasteiger partial charge in [-0.05, 0) is 43.8 Å². The number of esters is 1. The van der Waals surface area contributed by atoms with E-state index in [-0.39, 0.29) is 16.9 Å². The largest absolute Gasteiger partial charge is 0.468 e. The zero-order chi connectivity index (χ0) is 18.0. The maximum absolute atomic E-state index is 12.6. The fraction of sp³-hybridized carbons (Fsp3) is 0.375. The fourth-order valence-corrected chi connectivity index (χ4v) is 4.22. The van der Waals surface area contributed by atoms with Crippen molar-refractivity contribution in [3.63, 3.8) is 0 Å². The number of benzene rings is 1. The summed E-state index contributed by atoms with van der Waals surface area (Å²) in [4.78, 5) is 13.7. The SMILES string of the molecule is COC(=O)[C@@H]1C[C@H](NS(=O)(=O)c2ccc(-n3cccn3)cc2)CN1C. The Kier molecular flexibility index (Phi) is 4.89. The summed E-state index contributed by atoms with van der Waals surface area (Å²) >= 11 is 0. The van der Waals surface area contributed by atoms with E-state index in [2.05, 4.69) is 9.82 Å². The Morgan fingerprint density at radius 3 is 2.64 bits per heavy atom. The molecule has 3 rings (SSSR count). The Morgan fingerprint density at radius 2 is 2.04 bits per heavy atom. The van der Waals surface area contributed by atoms with Crippen LogP contribution < -0.4 is 4.72 Å². The first-order chi connectivity index (χ1) is 11.9. The van der Waals surface area contributed by atoms with Gasteiger partial charge in [-0.3, -0.25) is 9.69 Å². The van der Waals surface area contributed by atoms with Crippen molar-refractivity contribution in [2.24, 2.45) is 0 Å². The first-order valence-electron chi connectivity index (χ1n) is 7.81. The lowest BCUT2D eigenvalue weighted by molar-refractivity contribution is -0.145. The molecule has 0 radical (unpaired) electrons. The second-order valence-corrected chi connectivity index (χ2v) is 7.69. The molecule has 1 fully saturated rings. The van der Waals surface area contributed by atoms with E-state index in [1.165, 1.54) is 19.2 Å². The van der Waals surface area contributed by atoms with E-state index in [0.29, 0.717) is 13.0 Å². The topological polar surface area (TPSA) is 93.5 Å². The average Bonchev–Trinajstić information content (AvgIpc) is 3.24. The van der Waals surface area contributed by atoms with Gasteiger partial charge < -0.3 is 4.74 Å². The van der Waals surface area contributed by atoms with Gasteiger partial charge in [0.2, 0.25) is 10.0 Å². The molecule has 0 saturated carbocycles. The summed E-state index contributed by atoms with van der Waals surface area (Å²) in [5.74, 6) is -0.354. The second-order valence-electron chi connectivity index (χ2n) is 5.98.